The molecule has 1 heterocycles. The third-order valence-electron chi connectivity index (χ3n) is 6.18. The van der Waals surface area contributed by atoms with Crippen molar-refractivity contribution in [3.8, 4) is 0 Å². The number of carbonyl (C=O) groups is 3. The first-order chi connectivity index (χ1) is 15.9. The van der Waals surface area contributed by atoms with E-state index in [1.54, 1.807) is 19.1 Å². The summed E-state index contributed by atoms with van der Waals surface area (Å²) in [5.74, 6) is -0.221. The number of amides is 3. The van der Waals surface area contributed by atoms with Gasteiger partial charge in [0.1, 0.15) is 5.84 Å². The van der Waals surface area contributed by atoms with Crippen LogP contribution in [0.4, 0.5) is 15.3 Å². The number of nitrogens with zero attached hydrogens (tertiary/aromatic N) is 2. The maximum atomic E-state index is 12.7. The molecule has 0 spiro atoms. The number of urea groups is 1. The van der Waals surface area contributed by atoms with Gasteiger partial charge >= 0.3 is 18.1 Å². The molecule has 3 N–H and O–H groups in total. The van der Waals surface area contributed by atoms with Crippen molar-refractivity contribution in [2.24, 2.45) is 5.92 Å². The zero-order valence-corrected chi connectivity index (χ0v) is 19.3. The monoisotopic (exact) mass is 459 g/mol. The molecule has 180 valence electrons. The van der Waals surface area contributed by atoms with Crippen molar-refractivity contribution in [3.05, 3.63) is 29.8 Å². The molecule has 2 aliphatic rings. The van der Waals surface area contributed by atoms with Gasteiger partial charge in [0.2, 0.25) is 0 Å². The Labute approximate surface area is 194 Å². The van der Waals surface area contributed by atoms with Gasteiger partial charge < -0.3 is 24.6 Å². The Morgan fingerprint density at radius 3 is 2.24 bits per heavy atom. The summed E-state index contributed by atoms with van der Waals surface area (Å²) >= 11 is 0. The van der Waals surface area contributed by atoms with Crippen molar-refractivity contribution in [1.82, 2.24) is 15.5 Å². The molecular formula is C23H33N5O5. The second-order valence-electron chi connectivity index (χ2n) is 8.26. The molecule has 10 heteroatoms. The van der Waals surface area contributed by atoms with E-state index in [0.717, 1.165) is 31.4 Å². The molecule has 2 fully saturated rings. The number of alkyl carbamates (subject to hydrolysis) is 1. The summed E-state index contributed by atoms with van der Waals surface area (Å²) in [6.45, 7) is 4.61. The molecule has 33 heavy (non-hydrogen) atoms. The minimum absolute atomic E-state index is 0.0119. The number of nitrogens with one attached hydrogen (secondary N) is 3. The number of rotatable bonds is 5. The minimum atomic E-state index is -0.641. The van der Waals surface area contributed by atoms with E-state index in [0.29, 0.717) is 31.7 Å². The first-order valence-electron chi connectivity index (χ1n) is 11.4. The summed E-state index contributed by atoms with van der Waals surface area (Å²) in [5.41, 5.74) is 1.59. The highest BCUT2D eigenvalue weighted by Crippen LogP contribution is 2.25. The number of anilines is 1. The van der Waals surface area contributed by atoms with Crippen LogP contribution < -0.4 is 15.5 Å². The molecule has 3 rings (SSSR count). The molecule has 10 nitrogen and oxygen atoms in total. The zero-order chi connectivity index (χ0) is 23.8. The Bertz CT molecular complexity index is 843. The van der Waals surface area contributed by atoms with Crippen LogP contribution in [0, 0.1) is 11.3 Å². The molecule has 0 aromatic heterocycles. The normalized spacial score (nSPS) is 20.5. The Morgan fingerprint density at radius 2 is 1.67 bits per heavy atom. The van der Waals surface area contributed by atoms with Crippen LogP contribution in [0.25, 0.3) is 0 Å². The topological polar surface area (TPSA) is 124 Å². The van der Waals surface area contributed by atoms with Crippen LogP contribution in [-0.4, -0.2) is 74.8 Å². The number of piperazine rings is 1. The predicted molar refractivity (Wildman–Crippen MR) is 124 cm³/mol. The molecule has 1 saturated heterocycles. The molecule has 1 saturated carbocycles. The van der Waals surface area contributed by atoms with Gasteiger partial charge in [-0.25, -0.2) is 9.59 Å². The molecule has 1 aliphatic heterocycles. The first kappa shape index (κ1) is 24.3. The fraction of sp³-hybridized carbons (Fsp3) is 0.565. The van der Waals surface area contributed by atoms with E-state index in [9.17, 15) is 14.4 Å². The minimum Gasteiger partial charge on any atom is -0.469 e. The number of esters is 1. The molecular weight excluding hydrogens is 426 g/mol. The third kappa shape index (κ3) is 6.59. The zero-order valence-electron chi connectivity index (χ0n) is 19.3. The van der Waals surface area contributed by atoms with Gasteiger partial charge in [-0.15, -0.1) is 0 Å². The van der Waals surface area contributed by atoms with E-state index in [1.807, 2.05) is 17.0 Å². The van der Waals surface area contributed by atoms with Gasteiger partial charge in [0.15, 0.2) is 0 Å². The molecule has 1 aromatic carbocycles. The summed E-state index contributed by atoms with van der Waals surface area (Å²) in [6, 6.07) is 7.44. The van der Waals surface area contributed by atoms with Gasteiger partial charge in [-0.2, -0.15) is 0 Å². The smallest absolute Gasteiger partial charge is 0.412 e. The van der Waals surface area contributed by atoms with Crippen molar-refractivity contribution >= 4 is 29.6 Å². The highest BCUT2D eigenvalue weighted by Gasteiger charge is 2.29. The highest BCUT2D eigenvalue weighted by molar-refractivity contribution is 6.04. The first-order valence-corrected chi connectivity index (χ1v) is 11.4. The Balaban J connectivity index is 1.43. The number of hydrogen-bond donors (Lipinski definition) is 3. The van der Waals surface area contributed by atoms with Crippen LogP contribution in [0.15, 0.2) is 24.3 Å². The molecule has 0 unspecified atom stereocenters. The summed E-state index contributed by atoms with van der Waals surface area (Å²) in [6.07, 6.45) is 2.43. The lowest BCUT2D eigenvalue weighted by atomic mass is 9.86. The largest absolute Gasteiger partial charge is 0.469 e. The average Bonchev–Trinajstić information content (AvgIpc) is 2.84. The van der Waals surface area contributed by atoms with Gasteiger partial charge in [-0.05, 0) is 56.9 Å². The second-order valence-corrected chi connectivity index (χ2v) is 8.26. The van der Waals surface area contributed by atoms with Gasteiger partial charge in [0.25, 0.3) is 0 Å². The number of methoxy groups -OCH3 is 1. The Hall–Kier alpha value is -3.30. The fourth-order valence-electron chi connectivity index (χ4n) is 4.25. The lowest BCUT2D eigenvalue weighted by molar-refractivity contribution is -0.146. The Morgan fingerprint density at radius 1 is 1.03 bits per heavy atom. The van der Waals surface area contributed by atoms with E-state index in [-0.39, 0.29) is 36.4 Å². The number of benzene rings is 1. The van der Waals surface area contributed by atoms with E-state index >= 15 is 0 Å². The summed E-state index contributed by atoms with van der Waals surface area (Å²) in [4.78, 5) is 39.8. The van der Waals surface area contributed by atoms with E-state index in [1.165, 1.54) is 7.11 Å². The SMILES string of the molecule is CCOC(=O)NC(=N)c1ccc(N2CCN(C(=O)N[C@H]3CC[C@H](C(=O)OC)CC3)CC2)cc1. The molecule has 3 amide bonds. The van der Waals surface area contributed by atoms with Crippen molar-refractivity contribution in [2.75, 3.05) is 44.8 Å². The van der Waals surface area contributed by atoms with Crippen LogP contribution in [-0.2, 0) is 14.3 Å². The van der Waals surface area contributed by atoms with Crippen molar-refractivity contribution < 1.29 is 23.9 Å². The van der Waals surface area contributed by atoms with Gasteiger partial charge in [0.05, 0.1) is 19.6 Å². The van der Waals surface area contributed by atoms with Crippen molar-refractivity contribution in [2.45, 2.75) is 38.6 Å². The fourth-order valence-corrected chi connectivity index (χ4v) is 4.25. The number of carbonyl (C=O) groups excluding carboxylic acids is 3. The van der Waals surface area contributed by atoms with E-state index in [4.69, 9.17) is 14.9 Å². The lowest BCUT2D eigenvalue weighted by Crippen LogP contribution is -2.54. The van der Waals surface area contributed by atoms with Crippen LogP contribution in [0.5, 0.6) is 0 Å². The maximum Gasteiger partial charge on any atom is 0.412 e. The predicted octanol–water partition coefficient (Wildman–Crippen LogP) is 2.32. The Kier molecular flexibility index (Phi) is 8.51. The van der Waals surface area contributed by atoms with E-state index in [2.05, 4.69) is 15.5 Å². The standard InChI is InChI=1S/C23H33N5O5/c1-3-33-23(31)26-20(24)16-6-10-19(11-7-16)27-12-14-28(15-13-27)22(30)25-18-8-4-17(5-9-18)21(29)32-2/h6-7,10-11,17-18H,3-5,8-9,12-15H2,1-2H3,(H,25,30)(H2,24,26,31)/t17-,18-. The molecule has 0 bridgehead atoms. The third-order valence-corrected chi connectivity index (χ3v) is 6.18. The second kappa shape index (κ2) is 11.5. The van der Waals surface area contributed by atoms with Crippen LogP contribution in [0.1, 0.15) is 38.2 Å². The number of ether oxygens (including phenoxy) is 2. The highest BCUT2D eigenvalue weighted by atomic mass is 16.5. The van der Waals surface area contributed by atoms with E-state index < -0.39 is 6.09 Å². The molecule has 1 aromatic rings. The lowest BCUT2D eigenvalue weighted by Gasteiger charge is -2.37. The van der Waals surface area contributed by atoms with Gasteiger partial charge in [-0.3, -0.25) is 15.5 Å². The van der Waals surface area contributed by atoms with Gasteiger partial charge in [-0.1, -0.05) is 0 Å². The summed E-state index contributed by atoms with van der Waals surface area (Å²) in [7, 11) is 1.42. The molecule has 0 atom stereocenters. The molecule has 0 radical (unpaired) electrons. The maximum absolute atomic E-state index is 12.7. The van der Waals surface area contributed by atoms with Crippen LogP contribution in [0.2, 0.25) is 0 Å². The quantitative estimate of drug-likeness (QED) is 0.353. The number of hydrogen-bond acceptors (Lipinski definition) is 7. The van der Waals surface area contributed by atoms with Crippen LogP contribution >= 0.6 is 0 Å². The number of amidine groups is 1. The average molecular weight is 460 g/mol. The van der Waals surface area contributed by atoms with Crippen molar-refractivity contribution in [1.29, 1.82) is 5.41 Å². The van der Waals surface area contributed by atoms with Gasteiger partial charge in [0, 0.05) is 43.5 Å². The van der Waals surface area contributed by atoms with Crippen molar-refractivity contribution in [3.63, 3.8) is 0 Å². The summed E-state index contributed by atoms with van der Waals surface area (Å²) in [5, 5.41) is 13.5. The summed E-state index contributed by atoms with van der Waals surface area (Å²) < 4.78 is 9.61. The van der Waals surface area contributed by atoms with Crippen LogP contribution in [0.3, 0.4) is 0 Å². The molecule has 1 aliphatic carbocycles.